The van der Waals surface area contributed by atoms with Crippen molar-refractivity contribution in [3.8, 4) is 0 Å². The fourth-order valence-electron chi connectivity index (χ4n) is 1.41. The molecule has 0 saturated carbocycles. The van der Waals surface area contributed by atoms with Crippen LogP contribution in [0.1, 0.15) is 44.9 Å². The van der Waals surface area contributed by atoms with Gasteiger partial charge in [-0.1, -0.05) is 45.4 Å². The van der Waals surface area contributed by atoms with Crippen LogP contribution in [0.4, 0.5) is 0 Å². The van der Waals surface area contributed by atoms with Crippen LogP contribution in [0.2, 0.25) is 0 Å². The predicted molar refractivity (Wildman–Crippen MR) is 56.4 cm³/mol. The summed E-state index contributed by atoms with van der Waals surface area (Å²) in [6.07, 6.45) is 5.93. The Morgan fingerprint density at radius 3 is 1.87 bits per heavy atom. The summed E-state index contributed by atoms with van der Waals surface area (Å²) in [7, 11) is 0. The highest BCUT2D eigenvalue weighted by Gasteiger charge is 2.24. The molecule has 1 radical (unpaired) electrons. The lowest BCUT2D eigenvalue weighted by molar-refractivity contribution is -0.154. The highest BCUT2D eigenvalue weighted by Crippen LogP contribution is 2.12. The maximum absolute atomic E-state index is 10.5. The minimum atomic E-state index is -1.24. The fourth-order valence-corrected chi connectivity index (χ4v) is 1.41. The first-order valence-electron chi connectivity index (χ1n) is 5.34. The average Bonchev–Trinajstić information content (AvgIpc) is 2.15. The molecule has 0 spiro atoms. The first-order valence-corrected chi connectivity index (χ1v) is 5.34. The van der Waals surface area contributed by atoms with E-state index in [1.165, 1.54) is 0 Å². The summed E-state index contributed by atoms with van der Waals surface area (Å²) in [5, 5.41) is 17.2. The summed E-state index contributed by atoms with van der Waals surface area (Å²) in [4.78, 5) is 21.0. The summed E-state index contributed by atoms with van der Waals surface area (Å²) >= 11 is 0. The molecule has 0 aromatic rings. The van der Waals surface area contributed by atoms with E-state index in [1.807, 2.05) is 0 Å². The molecule has 0 aliphatic heterocycles. The monoisotopic (exact) mass is 215 g/mol. The normalized spacial score (nSPS) is 10.5. The van der Waals surface area contributed by atoms with Gasteiger partial charge in [-0.25, -0.2) is 0 Å². The molecule has 0 heterocycles. The lowest BCUT2D eigenvalue weighted by Gasteiger charge is -2.06. The predicted octanol–water partition coefficient (Wildman–Crippen LogP) is 2.34. The zero-order valence-corrected chi connectivity index (χ0v) is 8.95. The third-order valence-corrected chi connectivity index (χ3v) is 2.34. The molecule has 0 bridgehead atoms. The van der Waals surface area contributed by atoms with Crippen molar-refractivity contribution >= 4 is 11.9 Å². The van der Waals surface area contributed by atoms with Crippen LogP contribution in [-0.4, -0.2) is 22.2 Å². The Bertz CT molecular complexity index is 187. The molecule has 0 aromatic carbocycles. The maximum atomic E-state index is 10.5. The van der Waals surface area contributed by atoms with Gasteiger partial charge in [-0.3, -0.25) is 9.59 Å². The van der Waals surface area contributed by atoms with Crippen molar-refractivity contribution in [3.05, 3.63) is 6.92 Å². The molecule has 0 saturated heterocycles. The summed E-state index contributed by atoms with van der Waals surface area (Å²) in [6, 6.07) is 0. The molecule has 0 aliphatic rings. The van der Waals surface area contributed by atoms with Crippen LogP contribution in [0.3, 0.4) is 0 Å². The molecular weight excluding hydrogens is 196 g/mol. The van der Waals surface area contributed by atoms with E-state index in [0.717, 1.165) is 32.1 Å². The lowest BCUT2D eigenvalue weighted by Crippen LogP contribution is -2.23. The first kappa shape index (κ1) is 13.9. The van der Waals surface area contributed by atoms with E-state index in [9.17, 15) is 9.59 Å². The largest absolute Gasteiger partial charge is 0.481 e. The van der Waals surface area contributed by atoms with Crippen molar-refractivity contribution < 1.29 is 19.8 Å². The van der Waals surface area contributed by atoms with Crippen LogP contribution in [-0.2, 0) is 9.59 Å². The van der Waals surface area contributed by atoms with Gasteiger partial charge >= 0.3 is 11.9 Å². The third kappa shape index (κ3) is 6.94. The van der Waals surface area contributed by atoms with Crippen molar-refractivity contribution in [1.29, 1.82) is 0 Å². The molecule has 0 atom stereocenters. The van der Waals surface area contributed by atoms with Crippen molar-refractivity contribution in [3.63, 3.8) is 0 Å². The molecular formula is C11H19O4. The second-order valence-corrected chi connectivity index (χ2v) is 3.64. The Morgan fingerprint density at radius 1 is 0.933 bits per heavy atom. The number of carboxylic acid groups (broad SMARTS) is 2. The number of carbonyl (C=O) groups is 2. The van der Waals surface area contributed by atoms with Gasteiger partial charge in [-0.05, 0) is 6.42 Å². The Morgan fingerprint density at radius 2 is 1.40 bits per heavy atom. The van der Waals surface area contributed by atoms with E-state index in [1.54, 1.807) is 0 Å². The van der Waals surface area contributed by atoms with Gasteiger partial charge in [0.15, 0.2) is 5.92 Å². The molecule has 4 nitrogen and oxygen atoms in total. The maximum Gasteiger partial charge on any atom is 0.317 e. The molecule has 4 heteroatoms. The van der Waals surface area contributed by atoms with Gasteiger partial charge < -0.3 is 10.2 Å². The summed E-state index contributed by atoms with van der Waals surface area (Å²) in [6.45, 7) is 3.72. The summed E-state index contributed by atoms with van der Waals surface area (Å²) in [5.41, 5.74) is 0. The van der Waals surface area contributed by atoms with Crippen LogP contribution in [0.25, 0.3) is 0 Å². The second-order valence-electron chi connectivity index (χ2n) is 3.64. The number of rotatable bonds is 9. The Labute approximate surface area is 90.3 Å². The Hall–Kier alpha value is -1.06. The van der Waals surface area contributed by atoms with Gasteiger partial charge in [0.05, 0.1) is 0 Å². The number of unbranched alkanes of at least 4 members (excludes halogenated alkanes) is 5. The van der Waals surface area contributed by atoms with E-state index in [2.05, 4.69) is 6.92 Å². The van der Waals surface area contributed by atoms with E-state index in [0.29, 0.717) is 6.42 Å². The van der Waals surface area contributed by atoms with E-state index in [4.69, 9.17) is 10.2 Å². The van der Waals surface area contributed by atoms with Crippen LogP contribution >= 0.6 is 0 Å². The van der Waals surface area contributed by atoms with Crippen LogP contribution in [0, 0.1) is 12.8 Å². The van der Waals surface area contributed by atoms with Crippen LogP contribution in [0.15, 0.2) is 0 Å². The van der Waals surface area contributed by atoms with Crippen molar-refractivity contribution in [1.82, 2.24) is 0 Å². The van der Waals surface area contributed by atoms with Gasteiger partial charge in [0.1, 0.15) is 0 Å². The molecule has 0 rings (SSSR count). The SMILES string of the molecule is [CH2]CCCCCCCC(C(=O)O)C(=O)O. The van der Waals surface area contributed by atoms with Crippen molar-refractivity contribution in [2.24, 2.45) is 5.92 Å². The number of carboxylic acids is 2. The first-order chi connectivity index (χ1) is 7.09. The van der Waals surface area contributed by atoms with Gasteiger partial charge in [0, 0.05) is 0 Å². The second kappa shape index (κ2) is 8.26. The van der Waals surface area contributed by atoms with E-state index < -0.39 is 17.9 Å². The zero-order chi connectivity index (χ0) is 11.7. The summed E-state index contributed by atoms with van der Waals surface area (Å²) < 4.78 is 0. The van der Waals surface area contributed by atoms with Gasteiger partial charge in [0.25, 0.3) is 0 Å². The minimum absolute atomic E-state index is 0.231. The topological polar surface area (TPSA) is 74.6 Å². The fraction of sp³-hybridized carbons (Fsp3) is 0.727. The van der Waals surface area contributed by atoms with E-state index >= 15 is 0 Å². The average molecular weight is 215 g/mol. The third-order valence-electron chi connectivity index (χ3n) is 2.34. The molecule has 0 unspecified atom stereocenters. The van der Waals surface area contributed by atoms with Crippen LogP contribution < -0.4 is 0 Å². The molecule has 2 N–H and O–H groups in total. The van der Waals surface area contributed by atoms with Gasteiger partial charge in [-0.2, -0.15) is 0 Å². The molecule has 0 aliphatic carbocycles. The molecule has 0 aromatic heterocycles. The molecule has 0 amide bonds. The molecule has 87 valence electrons. The number of aliphatic carboxylic acids is 2. The smallest absolute Gasteiger partial charge is 0.317 e. The number of hydrogen-bond donors (Lipinski definition) is 2. The Kier molecular flexibility index (Phi) is 7.68. The molecule has 15 heavy (non-hydrogen) atoms. The lowest BCUT2D eigenvalue weighted by atomic mass is 10.0. The van der Waals surface area contributed by atoms with Crippen LogP contribution in [0.5, 0.6) is 0 Å². The standard InChI is InChI=1S/C11H19O4/c1-2-3-4-5-6-7-8-9(10(12)13)11(14)15/h9H,1-8H2,(H,12,13)(H,14,15). The Balaban J connectivity index is 3.55. The zero-order valence-electron chi connectivity index (χ0n) is 8.95. The van der Waals surface area contributed by atoms with Crippen molar-refractivity contribution in [2.75, 3.05) is 0 Å². The molecule has 0 fully saturated rings. The quantitative estimate of drug-likeness (QED) is 0.457. The highest BCUT2D eigenvalue weighted by atomic mass is 16.4. The van der Waals surface area contributed by atoms with E-state index in [-0.39, 0.29) is 6.42 Å². The highest BCUT2D eigenvalue weighted by molar-refractivity contribution is 5.92. The summed E-state index contributed by atoms with van der Waals surface area (Å²) in [5.74, 6) is -3.71. The number of hydrogen-bond acceptors (Lipinski definition) is 2. The van der Waals surface area contributed by atoms with Crippen molar-refractivity contribution in [2.45, 2.75) is 44.9 Å². The van der Waals surface area contributed by atoms with Gasteiger partial charge in [-0.15, -0.1) is 0 Å². The minimum Gasteiger partial charge on any atom is -0.481 e. The van der Waals surface area contributed by atoms with Gasteiger partial charge in [0.2, 0.25) is 0 Å².